The van der Waals surface area contributed by atoms with Crippen LogP contribution < -0.4 is 15.4 Å². The van der Waals surface area contributed by atoms with Gasteiger partial charge in [-0.25, -0.2) is 4.98 Å². The van der Waals surface area contributed by atoms with Gasteiger partial charge in [0.25, 0.3) is 0 Å². The lowest BCUT2D eigenvalue weighted by Gasteiger charge is -2.40. The van der Waals surface area contributed by atoms with Crippen LogP contribution in [0.2, 0.25) is 0 Å². The van der Waals surface area contributed by atoms with Crippen LogP contribution in [-0.4, -0.2) is 109 Å². The molecule has 3 fully saturated rings. The molecule has 4 atom stereocenters. The minimum atomic E-state index is -0.288. The van der Waals surface area contributed by atoms with Crippen LogP contribution in [-0.2, 0) is 23.0 Å². The summed E-state index contributed by atoms with van der Waals surface area (Å²) in [5.74, 6) is 2.96. The average molecular weight is 641 g/mol. The molecule has 0 radical (unpaired) electrons. The Balaban J connectivity index is 1.20. The van der Waals surface area contributed by atoms with E-state index in [1.165, 1.54) is 24.0 Å². The predicted molar refractivity (Wildman–Crippen MR) is 183 cm³/mol. The van der Waals surface area contributed by atoms with Gasteiger partial charge in [-0.15, -0.1) is 0 Å². The van der Waals surface area contributed by atoms with Crippen LogP contribution in [0.3, 0.4) is 0 Å². The van der Waals surface area contributed by atoms with Crippen molar-refractivity contribution in [3.63, 3.8) is 0 Å². The second-order valence-corrected chi connectivity index (χ2v) is 14.6. The number of aryl methyl sites for hydroxylation is 1. The third kappa shape index (κ3) is 4.95. The lowest BCUT2D eigenvalue weighted by Crippen LogP contribution is -2.53. The van der Waals surface area contributed by atoms with Crippen molar-refractivity contribution in [2.24, 2.45) is 4.99 Å². The van der Waals surface area contributed by atoms with Crippen LogP contribution in [0.25, 0.3) is 11.5 Å². The highest BCUT2D eigenvalue weighted by atomic mass is 16.5. The second-order valence-electron chi connectivity index (χ2n) is 14.6. The number of piperazine rings is 1. The first kappa shape index (κ1) is 30.8. The SMILES string of the molecule is CN=Cc1c(N)ccc2c1[C@]1(CCCc3c(-c4nc(O[C@@H](C)[C@@H]5[C@@H](OC)CCN5C)cc(N5CCN(C)C6(CC6)C5)n4)noc31)CC2. The Labute approximate surface area is 277 Å². The first-order valence-electron chi connectivity index (χ1n) is 17.4. The smallest absolute Gasteiger partial charge is 0.219 e. The molecular formula is C36H48N8O3. The van der Waals surface area contributed by atoms with Crippen LogP contribution in [0, 0.1) is 0 Å². The van der Waals surface area contributed by atoms with Crippen molar-refractivity contribution in [2.45, 2.75) is 87.5 Å². The van der Waals surface area contributed by atoms with Gasteiger partial charge in [-0.3, -0.25) is 14.8 Å². The predicted octanol–water partition coefficient (Wildman–Crippen LogP) is 4.10. The van der Waals surface area contributed by atoms with Crippen LogP contribution >= 0.6 is 0 Å². The summed E-state index contributed by atoms with van der Waals surface area (Å²) in [6, 6.07) is 6.34. The Bertz CT molecular complexity index is 1700. The number of benzene rings is 1. The van der Waals surface area contributed by atoms with Crippen LogP contribution in [0.5, 0.6) is 5.88 Å². The highest BCUT2D eigenvalue weighted by Crippen LogP contribution is 2.54. The fraction of sp³-hybridized carbons (Fsp3) is 0.611. The summed E-state index contributed by atoms with van der Waals surface area (Å²) >= 11 is 0. The normalized spacial score (nSPS) is 27.6. The molecule has 250 valence electrons. The summed E-state index contributed by atoms with van der Waals surface area (Å²) in [5.41, 5.74) is 12.7. The molecule has 5 aliphatic rings. The van der Waals surface area contributed by atoms with Crippen LogP contribution in [0.15, 0.2) is 27.7 Å². The minimum absolute atomic E-state index is 0.118. The molecule has 1 saturated carbocycles. The van der Waals surface area contributed by atoms with Crippen molar-refractivity contribution in [3.8, 4) is 17.4 Å². The van der Waals surface area contributed by atoms with Crippen molar-refractivity contribution in [2.75, 3.05) is 65.1 Å². The van der Waals surface area contributed by atoms with E-state index in [1.807, 2.05) is 18.3 Å². The van der Waals surface area contributed by atoms with Gasteiger partial charge in [-0.2, -0.15) is 4.98 Å². The van der Waals surface area contributed by atoms with Gasteiger partial charge in [-0.05, 0) is 89.6 Å². The van der Waals surface area contributed by atoms with Crippen LogP contribution in [0.1, 0.15) is 73.5 Å². The molecule has 0 bridgehead atoms. The Hall–Kier alpha value is -3.54. The lowest BCUT2D eigenvalue weighted by molar-refractivity contribution is 0.0174. The molecule has 2 saturated heterocycles. The number of fused-ring (bicyclic) bond motifs is 4. The molecule has 1 aromatic carbocycles. The molecule has 4 heterocycles. The molecule has 0 unspecified atom stereocenters. The first-order valence-corrected chi connectivity index (χ1v) is 17.4. The number of aromatic nitrogens is 3. The number of nitrogens with zero attached hydrogens (tertiary/aromatic N) is 7. The van der Waals surface area contributed by atoms with Crippen molar-refractivity contribution in [3.05, 3.63) is 46.2 Å². The summed E-state index contributed by atoms with van der Waals surface area (Å²) in [6.07, 6.45) is 10.1. The Morgan fingerprint density at radius 2 is 1.96 bits per heavy atom. The third-order valence-corrected chi connectivity index (χ3v) is 12.0. The van der Waals surface area contributed by atoms with Crippen molar-refractivity contribution in [1.82, 2.24) is 24.9 Å². The maximum absolute atomic E-state index is 6.70. The molecule has 11 heteroatoms. The highest BCUT2D eigenvalue weighted by Gasteiger charge is 2.51. The number of ether oxygens (including phenoxy) is 2. The summed E-state index contributed by atoms with van der Waals surface area (Å²) in [6.45, 7) is 5.96. The number of anilines is 2. The number of hydrogen-bond acceptors (Lipinski definition) is 11. The number of methoxy groups -OCH3 is 1. The summed E-state index contributed by atoms with van der Waals surface area (Å²) in [5, 5.41) is 4.76. The van der Waals surface area contributed by atoms with Gasteiger partial charge in [0.05, 0.1) is 17.6 Å². The number of rotatable bonds is 7. The minimum Gasteiger partial charge on any atom is -0.473 e. The first-order chi connectivity index (χ1) is 22.8. The van der Waals surface area contributed by atoms with E-state index in [1.54, 1.807) is 14.2 Å². The quantitative estimate of drug-likeness (QED) is 0.299. The Morgan fingerprint density at radius 1 is 1.11 bits per heavy atom. The fourth-order valence-corrected chi connectivity index (χ4v) is 9.24. The third-order valence-electron chi connectivity index (χ3n) is 12.0. The molecule has 47 heavy (non-hydrogen) atoms. The standard InChI is InChI=1S/C36H48N8O3/c1-22(32-27(45-5)11-16-42(32)3)46-29-19-28(44-18-17-43(4)35(21-44)14-15-35)39-34(40-29)31-24-7-6-12-36(33(24)47-41-31)13-10-23-8-9-26(37)25(20-38-2)30(23)36/h8-9,19-20,22,27,32H,6-7,10-18,21,37H2,1-5H3/t22-,27-,32+,36-/m0/s1. The number of hydrogen-bond donors (Lipinski definition) is 1. The molecule has 2 aliphatic heterocycles. The van der Waals surface area contributed by atoms with Crippen molar-refractivity contribution < 1.29 is 14.0 Å². The maximum atomic E-state index is 6.70. The zero-order chi connectivity index (χ0) is 32.5. The van der Waals surface area contributed by atoms with Gasteiger partial charge in [0, 0.05) is 75.0 Å². The average Bonchev–Trinajstić information content (AvgIpc) is 3.36. The van der Waals surface area contributed by atoms with Crippen molar-refractivity contribution in [1.29, 1.82) is 0 Å². The monoisotopic (exact) mass is 640 g/mol. The van der Waals surface area contributed by atoms with Gasteiger partial charge in [0.2, 0.25) is 5.88 Å². The van der Waals surface area contributed by atoms with E-state index in [0.29, 0.717) is 11.7 Å². The molecule has 2 spiro atoms. The van der Waals surface area contributed by atoms with E-state index in [2.05, 4.69) is 46.8 Å². The van der Waals surface area contributed by atoms with Gasteiger partial charge < -0.3 is 24.6 Å². The zero-order valence-electron chi connectivity index (χ0n) is 28.5. The van der Waals surface area contributed by atoms with E-state index in [-0.39, 0.29) is 29.2 Å². The Morgan fingerprint density at radius 3 is 2.74 bits per heavy atom. The van der Waals surface area contributed by atoms with E-state index < -0.39 is 0 Å². The topological polar surface area (TPSA) is 118 Å². The van der Waals surface area contributed by atoms with Gasteiger partial charge in [0.1, 0.15) is 11.9 Å². The highest BCUT2D eigenvalue weighted by molar-refractivity contribution is 5.91. The zero-order valence-corrected chi connectivity index (χ0v) is 28.5. The molecule has 11 nitrogen and oxygen atoms in total. The number of nitrogens with two attached hydrogens (primary N) is 1. The van der Waals surface area contributed by atoms with Crippen LogP contribution in [0.4, 0.5) is 11.5 Å². The largest absolute Gasteiger partial charge is 0.473 e. The maximum Gasteiger partial charge on any atom is 0.219 e. The van der Waals surface area contributed by atoms with Gasteiger partial charge in [-0.1, -0.05) is 11.2 Å². The molecule has 2 aromatic heterocycles. The number of likely N-dealkylation sites (N-methyl/N-ethyl adjacent to an activating group) is 2. The van der Waals surface area contributed by atoms with E-state index in [0.717, 1.165) is 98.8 Å². The summed E-state index contributed by atoms with van der Waals surface area (Å²) in [4.78, 5) is 21.9. The van der Waals surface area contributed by atoms with E-state index in [4.69, 9.17) is 34.9 Å². The molecule has 3 aromatic rings. The number of aliphatic imine (C=N–C) groups is 1. The fourth-order valence-electron chi connectivity index (χ4n) is 9.24. The van der Waals surface area contributed by atoms with Crippen molar-refractivity contribution >= 4 is 17.7 Å². The molecule has 2 N–H and O–H groups in total. The van der Waals surface area contributed by atoms with E-state index >= 15 is 0 Å². The second kappa shape index (κ2) is 11.6. The van der Waals surface area contributed by atoms with Gasteiger partial charge >= 0.3 is 0 Å². The molecule has 3 aliphatic carbocycles. The summed E-state index contributed by atoms with van der Waals surface area (Å²) in [7, 11) is 7.99. The Kier molecular flexibility index (Phi) is 7.57. The number of likely N-dealkylation sites (tertiary alicyclic amines) is 1. The molecule has 0 amide bonds. The lowest BCUT2D eigenvalue weighted by atomic mass is 9.68. The number of nitrogen functional groups attached to an aromatic ring is 1. The molecular weight excluding hydrogens is 592 g/mol. The van der Waals surface area contributed by atoms with Gasteiger partial charge in [0.15, 0.2) is 17.3 Å². The van der Waals surface area contributed by atoms with E-state index in [9.17, 15) is 0 Å². The summed E-state index contributed by atoms with van der Waals surface area (Å²) < 4.78 is 19.0. The molecule has 8 rings (SSSR count).